The molecule has 4 nitrogen and oxygen atoms in total. The minimum absolute atomic E-state index is 0. The molecule has 0 saturated carbocycles. The van der Waals surface area contributed by atoms with Crippen LogP contribution in [0.2, 0.25) is 0 Å². The Hall–Kier alpha value is -4.57. The predicted molar refractivity (Wildman–Crippen MR) is 180 cm³/mol. The van der Waals surface area contributed by atoms with Gasteiger partial charge < -0.3 is 0 Å². The van der Waals surface area contributed by atoms with Crippen molar-refractivity contribution in [3.63, 3.8) is 0 Å². The van der Waals surface area contributed by atoms with Gasteiger partial charge in [0.05, 0.1) is 11.0 Å². The molecule has 220 valence electrons. The first-order chi connectivity index (χ1) is 21.5. The first kappa shape index (κ1) is 29.2. The molecule has 0 fully saturated rings. The summed E-state index contributed by atoms with van der Waals surface area (Å²) in [5.41, 5.74) is 5.71. The summed E-state index contributed by atoms with van der Waals surface area (Å²) in [7, 11) is -3.05. The number of nitrogens with zero attached hydrogens (tertiary/aromatic N) is 4. The summed E-state index contributed by atoms with van der Waals surface area (Å²) >= 11 is 0. The molecule has 45 heavy (non-hydrogen) atoms. The molecule has 0 unspecified atom stereocenters. The molecule has 1 aliphatic rings. The predicted octanol–water partition coefficient (Wildman–Crippen LogP) is 5.34. The van der Waals surface area contributed by atoms with E-state index in [-0.39, 0.29) is 26.5 Å². The van der Waals surface area contributed by atoms with Crippen LogP contribution in [-0.2, 0) is 26.5 Å². The van der Waals surface area contributed by atoms with Gasteiger partial charge in [-0.3, -0.25) is 9.36 Å². The van der Waals surface area contributed by atoms with Crippen molar-refractivity contribution >= 4 is 29.0 Å². The Morgan fingerprint density at radius 2 is 1.20 bits per heavy atom. The van der Waals surface area contributed by atoms with Crippen LogP contribution in [0.5, 0.6) is 0 Å². The maximum absolute atomic E-state index is 5.58. The summed E-state index contributed by atoms with van der Waals surface area (Å²) in [4.78, 5) is 0. The molecule has 8 bridgehead atoms. The van der Waals surface area contributed by atoms with Crippen molar-refractivity contribution in [2.45, 2.75) is 19.3 Å². The van der Waals surface area contributed by atoms with E-state index in [1.807, 2.05) is 15.6 Å². The normalized spacial score (nSPS) is 14.2. The second-order valence-corrected chi connectivity index (χ2v) is 15.5. The molecule has 7 aromatic rings. The van der Waals surface area contributed by atoms with Gasteiger partial charge in [0.1, 0.15) is 0 Å². The molecule has 0 amide bonds. The van der Waals surface area contributed by atoms with E-state index < -0.39 is 8.07 Å². The van der Waals surface area contributed by atoms with Gasteiger partial charge in [0.15, 0.2) is 8.07 Å². The largest absolute Gasteiger partial charge is 2.00 e. The van der Waals surface area contributed by atoms with Crippen molar-refractivity contribution in [3.8, 4) is 22.5 Å². The molecule has 6 heteroatoms. The maximum Gasteiger partial charge on any atom is 2.00 e. The fraction of sp³-hybridized carbons (Fsp3) is 0.0769. The van der Waals surface area contributed by atoms with Crippen molar-refractivity contribution in [1.82, 2.24) is 19.6 Å². The first-order valence-corrected chi connectivity index (χ1v) is 16.9. The van der Waals surface area contributed by atoms with Crippen molar-refractivity contribution in [1.29, 1.82) is 0 Å². The van der Waals surface area contributed by atoms with Gasteiger partial charge in [-0.25, -0.2) is 0 Å². The van der Waals surface area contributed by atoms with Crippen LogP contribution in [0.3, 0.4) is 0 Å². The van der Waals surface area contributed by atoms with Crippen LogP contribution in [0, 0.1) is 12.1 Å². The van der Waals surface area contributed by atoms with E-state index in [4.69, 9.17) is 10.2 Å². The van der Waals surface area contributed by atoms with Gasteiger partial charge in [0.2, 0.25) is 0 Å². The molecule has 0 spiro atoms. The molecular weight excluding hydrogens is 748 g/mol. The summed E-state index contributed by atoms with van der Waals surface area (Å²) in [5, 5.41) is 15.4. The standard InChI is InChI=1S/C39H30N4Si.Pt/c1-39(2)30-16-12-17-31(26-30)43-28-36(29-14-6-3-7-15-29)38(41-43)44(33-19-8-4-9-20-33,34-21-10-5-11-22-34)35-23-13-18-32(27-35)42-25-24-37(39)40-42;/h3-25,28H,1-2H3;/q-2;+2. The summed E-state index contributed by atoms with van der Waals surface area (Å²) in [6.45, 7) is 4.40. The number of rotatable bonds is 3. The smallest absolute Gasteiger partial charge is 0.265 e. The van der Waals surface area contributed by atoms with E-state index >= 15 is 0 Å². The average molecular weight is 778 g/mol. The van der Waals surface area contributed by atoms with Crippen LogP contribution >= 0.6 is 0 Å². The van der Waals surface area contributed by atoms with Gasteiger partial charge in [-0.15, -0.1) is 17.7 Å². The van der Waals surface area contributed by atoms with Crippen molar-refractivity contribution in [2.24, 2.45) is 0 Å². The third-order valence-electron chi connectivity index (χ3n) is 8.93. The Kier molecular flexibility index (Phi) is 7.39. The van der Waals surface area contributed by atoms with Gasteiger partial charge in [-0.05, 0) is 33.4 Å². The zero-order valence-corrected chi connectivity index (χ0v) is 28.2. The second-order valence-electron chi connectivity index (χ2n) is 11.9. The Balaban J connectivity index is 0.00000325. The van der Waals surface area contributed by atoms with E-state index in [2.05, 4.69) is 166 Å². The van der Waals surface area contributed by atoms with Gasteiger partial charge in [0.25, 0.3) is 0 Å². The number of aromatic nitrogens is 4. The van der Waals surface area contributed by atoms with Crippen LogP contribution in [0.25, 0.3) is 22.5 Å². The van der Waals surface area contributed by atoms with Crippen LogP contribution < -0.4 is 20.9 Å². The fourth-order valence-corrected chi connectivity index (χ4v) is 11.2. The zero-order valence-electron chi connectivity index (χ0n) is 25.0. The van der Waals surface area contributed by atoms with Crippen LogP contribution in [0.15, 0.2) is 146 Å². The third-order valence-corrected chi connectivity index (χ3v) is 13.5. The van der Waals surface area contributed by atoms with Crippen LogP contribution in [0.1, 0.15) is 25.1 Å². The molecule has 0 aliphatic carbocycles. The molecule has 0 N–H and O–H groups in total. The number of fused-ring (bicyclic) bond motifs is 10. The molecule has 0 atom stereocenters. The molecule has 2 aromatic heterocycles. The second kappa shape index (κ2) is 11.4. The SMILES string of the molecule is CC1(C)c2[c-]c(ccc2)-n2cc(-c3ccccc3)c(n2)[Si](c2ccccc2)(c2ccccc2)c2[c-]c(ccc2)-n2ccc1n2.[Pt+2]. The summed E-state index contributed by atoms with van der Waals surface area (Å²) < 4.78 is 3.99. The molecule has 0 radical (unpaired) electrons. The molecule has 8 rings (SSSR count). The Labute approximate surface area is 279 Å². The minimum Gasteiger partial charge on any atom is -0.265 e. The number of hydrogen-bond donors (Lipinski definition) is 0. The summed E-state index contributed by atoms with van der Waals surface area (Å²) in [6, 6.07) is 55.0. The minimum atomic E-state index is -3.05. The van der Waals surface area contributed by atoms with Crippen molar-refractivity contribution < 1.29 is 21.1 Å². The van der Waals surface area contributed by atoms with E-state index in [9.17, 15) is 0 Å². The maximum atomic E-state index is 5.58. The molecule has 3 heterocycles. The van der Waals surface area contributed by atoms with Crippen molar-refractivity contribution in [2.75, 3.05) is 0 Å². The van der Waals surface area contributed by atoms with E-state index in [0.717, 1.165) is 44.3 Å². The van der Waals surface area contributed by atoms with Crippen LogP contribution in [0.4, 0.5) is 0 Å². The van der Waals surface area contributed by atoms with E-state index in [1.165, 1.54) is 10.4 Å². The van der Waals surface area contributed by atoms with Gasteiger partial charge in [-0.2, -0.15) is 51.8 Å². The molecule has 5 aromatic carbocycles. The van der Waals surface area contributed by atoms with E-state index in [1.54, 1.807) is 0 Å². The molecular formula is C39H30N4PtSi. The van der Waals surface area contributed by atoms with Gasteiger partial charge in [0, 0.05) is 23.4 Å². The number of benzene rings is 5. The van der Waals surface area contributed by atoms with Gasteiger partial charge >= 0.3 is 21.1 Å². The quantitative estimate of drug-likeness (QED) is 0.180. The Morgan fingerprint density at radius 3 is 1.87 bits per heavy atom. The zero-order chi connectivity index (χ0) is 29.7. The summed E-state index contributed by atoms with van der Waals surface area (Å²) in [6.07, 6.45) is 4.24. The summed E-state index contributed by atoms with van der Waals surface area (Å²) in [5.74, 6) is 0. The van der Waals surface area contributed by atoms with E-state index in [0.29, 0.717) is 0 Å². The Bertz CT molecular complexity index is 2060. The number of hydrogen-bond acceptors (Lipinski definition) is 2. The monoisotopic (exact) mass is 777 g/mol. The van der Waals surface area contributed by atoms with Crippen LogP contribution in [-0.4, -0.2) is 27.6 Å². The first-order valence-electron chi connectivity index (χ1n) is 14.9. The molecule has 1 aliphatic heterocycles. The average Bonchev–Trinajstić information content (AvgIpc) is 3.76. The Morgan fingerprint density at radius 1 is 0.600 bits per heavy atom. The third kappa shape index (κ3) is 4.70. The van der Waals surface area contributed by atoms with Crippen molar-refractivity contribution in [3.05, 3.63) is 169 Å². The molecule has 0 saturated heterocycles. The fourth-order valence-electron chi connectivity index (χ4n) is 6.55. The van der Waals surface area contributed by atoms with Gasteiger partial charge in [-0.1, -0.05) is 105 Å². The topological polar surface area (TPSA) is 35.6 Å².